The van der Waals surface area contributed by atoms with E-state index < -0.39 is 12.1 Å². The maximum Gasteiger partial charge on any atom is 0.242 e. The molecule has 3 N–H and O–H groups in total. The van der Waals surface area contributed by atoms with E-state index in [4.69, 9.17) is 14.2 Å². The molecule has 5 rings (SSSR count). The number of fused-ring (bicyclic) bond motifs is 4. The van der Waals surface area contributed by atoms with Gasteiger partial charge in [0.05, 0.1) is 50.6 Å². The van der Waals surface area contributed by atoms with Crippen molar-refractivity contribution in [1.82, 2.24) is 20.2 Å². The molecule has 0 aliphatic heterocycles. The lowest BCUT2D eigenvalue weighted by Crippen LogP contribution is -2.41. The van der Waals surface area contributed by atoms with Crippen molar-refractivity contribution in [3.63, 3.8) is 0 Å². The Bertz CT molecular complexity index is 1860. The molecule has 47 heavy (non-hydrogen) atoms. The molecule has 3 aromatic carbocycles. The van der Waals surface area contributed by atoms with E-state index in [1.165, 1.54) is 6.92 Å². The molecule has 1 aliphatic carbocycles. The van der Waals surface area contributed by atoms with Crippen LogP contribution in [0.4, 0.5) is 5.69 Å². The summed E-state index contributed by atoms with van der Waals surface area (Å²) in [5, 5.41) is 9.28. The van der Waals surface area contributed by atoms with Crippen LogP contribution in [0.25, 0.3) is 22.2 Å². The predicted molar refractivity (Wildman–Crippen MR) is 186 cm³/mol. The summed E-state index contributed by atoms with van der Waals surface area (Å²) in [5.74, 6) is 2.41. The van der Waals surface area contributed by atoms with Crippen LogP contribution < -0.4 is 35.6 Å². The highest BCUT2D eigenvalue weighted by Gasteiger charge is 2.30. The minimum atomic E-state index is -0.677. The molecule has 2 amide bonds. The number of aromatic nitrogens is 2. The Balaban J connectivity index is 1.53. The van der Waals surface area contributed by atoms with E-state index in [1.807, 2.05) is 54.3 Å². The molecule has 0 fully saturated rings. The van der Waals surface area contributed by atoms with Crippen LogP contribution in [-0.4, -0.2) is 60.7 Å². The van der Waals surface area contributed by atoms with Gasteiger partial charge in [-0.1, -0.05) is 18.2 Å². The summed E-state index contributed by atoms with van der Waals surface area (Å²) in [7, 11) is 6.59. The number of hydrogen-bond donors (Lipinski definition) is 3. The molecule has 0 saturated carbocycles. The quantitative estimate of drug-likeness (QED) is 0.200. The van der Waals surface area contributed by atoms with Gasteiger partial charge in [-0.25, -0.2) is 4.98 Å². The summed E-state index contributed by atoms with van der Waals surface area (Å²) in [5.41, 5.74) is 4.85. The summed E-state index contributed by atoms with van der Waals surface area (Å²) in [4.78, 5) is 44.4. The number of thioether (sulfide) groups is 1. The van der Waals surface area contributed by atoms with Crippen LogP contribution in [0.3, 0.4) is 0 Å². The van der Waals surface area contributed by atoms with Crippen molar-refractivity contribution in [1.29, 1.82) is 0 Å². The lowest BCUT2D eigenvalue weighted by molar-refractivity contribution is -0.122. The Labute approximate surface area is 278 Å². The van der Waals surface area contributed by atoms with Crippen molar-refractivity contribution in [3.8, 4) is 28.4 Å². The number of rotatable bonds is 12. The zero-order valence-corrected chi connectivity index (χ0v) is 28.4. The van der Waals surface area contributed by atoms with E-state index in [-0.39, 0.29) is 29.5 Å². The van der Waals surface area contributed by atoms with E-state index in [2.05, 4.69) is 20.9 Å². The molecule has 4 aromatic rings. The van der Waals surface area contributed by atoms with Crippen molar-refractivity contribution in [3.05, 3.63) is 75.7 Å². The zero-order chi connectivity index (χ0) is 33.7. The number of carbonyl (C=O) groups is 2. The van der Waals surface area contributed by atoms with Gasteiger partial charge in [0.2, 0.25) is 23.0 Å². The number of methoxy groups -OCH3 is 3. The molecule has 0 bridgehead atoms. The second-order valence-corrected chi connectivity index (χ2v) is 12.4. The van der Waals surface area contributed by atoms with Crippen LogP contribution in [0.1, 0.15) is 42.8 Å². The minimum absolute atomic E-state index is 0.208. The lowest BCUT2D eigenvalue weighted by atomic mass is 9.95. The first kappa shape index (κ1) is 33.6. The highest BCUT2D eigenvalue weighted by Crippen LogP contribution is 2.50. The first-order chi connectivity index (χ1) is 22.7. The minimum Gasteiger partial charge on any atom is -0.493 e. The van der Waals surface area contributed by atoms with Crippen LogP contribution in [0.15, 0.2) is 53.3 Å². The molecule has 1 aromatic heterocycles. The topological polar surface area (TPSA) is 133 Å². The Morgan fingerprint density at radius 2 is 1.83 bits per heavy atom. The van der Waals surface area contributed by atoms with Gasteiger partial charge in [-0.3, -0.25) is 14.4 Å². The summed E-state index contributed by atoms with van der Waals surface area (Å²) in [6.07, 6.45) is 3.61. The van der Waals surface area contributed by atoms with E-state index in [0.717, 1.165) is 28.0 Å². The van der Waals surface area contributed by atoms with Crippen LogP contribution in [0, 0.1) is 0 Å². The van der Waals surface area contributed by atoms with Crippen LogP contribution in [-0.2, 0) is 29.6 Å². The van der Waals surface area contributed by atoms with Crippen molar-refractivity contribution >= 4 is 40.3 Å². The van der Waals surface area contributed by atoms with Gasteiger partial charge < -0.3 is 34.7 Å². The van der Waals surface area contributed by atoms with Gasteiger partial charge in [-0.15, -0.1) is 0 Å². The second-order valence-electron chi connectivity index (χ2n) is 11.4. The Kier molecular flexibility index (Phi) is 10.6. The number of aryl methyl sites for hydroxylation is 2. The highest BCUT2D eigenvalue weighted by atomic mass is 32.2. The molecule has 0 unspecified atom stereocenters. The Morgan fingerprint density at radius 1 is 1.06 bits per heavy atom. The van der Waals surface area contributed by atoms with Gasteiger partial charge in [0, 0.05) is 19.5 Å². The number of ether oxygens (including phenoxy) is 3. The molecular formula is C35H41N5O6S. The zero-order valence-electron chi connectivity index (χ0n) is 27.6. The van der Waals surface area contributed by atoms with Crippen molar-refractivity contribution in [2.75, 3.05) is 38.7 Å². The monoisotopic (exact) mass is 659 g/mol. The molecule has 0 saturated heterocycles. The van der Waals surface area contributed by atoms with Gasteiger partial charge in [0.15, 0.2) is 11.5 Å². The van der Waals surface area contributed by atoms with Gasteiger partial charge in [0.25, 0.3) is 0 Å². The Hall–Kier alpha value is -4.71. The lowest BCUT2D eigenvalue weighted by Gasteiger charge is -2.19. The van der Waals surface area contributed by atoms with E-state index >= 15 is 0 Å². The number of carbonyl (C=O) groups excluding carboxylic acids is 2. The summed E-state index contributed by atoms with van der Waals surface area (Å²) >= 11 is 1.62. The molecule has 2 atom stereocenters. The summed E-state index contributed by atoms with van der Waals surface area (Å²) in [6, 6.07) is 13.7. The molecule has 11 nitrogen and oxygen atoms in total. The number of nitrogens with one attached hydrogen (secondary N) is 3. The molecule has 0 radical (unpaired) electrons. The average molecular weight is 660 g/mol. The SMILES string of the molecule is COc1cc2c(c(OC)c1OC)-c1ccc(N[C@H](CCSC)C(=O)NCc3nc4ccccc4n3C)c(=O)cc1[C@@H](NC(C)=O)CC2. The van der Waals surface area contributed by atoms with Crippen molar-refractivity contribution in [2.24, 2.45) is 7.05 Å². The number of anilines is 1. The first-order valence-electron chi connectivity index (χ1n) is 15.4. The van der Waals surface area contributed by atoms with Crippen LogP contribution in [0.5, 0.6) is 17.2 Å². The number of hydrogen-bond acceptors (Lipinski definition) is 9. The third kappa shape index (κ3) is 7.02. The normalized spacial score (nSPS) is 14.3. The van der Waals surface area contributed by atoms with Gasteiger partial charge in [-0.2, -0.15) is 11.8 Å². The third-order valence-electron chi connectivity index (χ3n) is 8.47. The van der Waals surface area contributed by atoms with Gasteiger partial charge in [-0.05, 0) is 78.3 Å². The Morgan fingerprint density at radius 3 is 2.51 bits per heavy atom. The molecular weight excluding hydrogens is 618 g/mol. The summed E-state index contributed by atoms with van der Waals surface area (Å²) in [6.45, 7) is 1.70. The van der Waals surface area contributed by atoms with Crippen molar-refractivity contribution in [2.45, 2.75) is 44.8 Å². The van der Waals surface area contributed by atoms with Gasteiger partial charge >= 0.3 is 0 Å². The highest BCUT2D eigenvalue weighted by molar-refractivity contribution is 7.98. The fourth-order valence-electron chi connectivity index (χ4n) is 6.16. The fourth-order valence-corrected chi connectivity index (χ4v) is 6.63. The van der Waals surface area contributed by atoms with Crippen molar-refractivity contribution < 1.29 is 23.8 Å². The number of nitrogens with zero attached hydrogens (tertiary/aromatic N) is 2. The molecule has 1 aliphatic rings. The van der Waals surface area contributed by atoms with E-state index in [1.54, 1.807) is 45.2 Å². The average Bonchev–Trinajstić information content (AvgIpc) is 3.20. The third-order valence-corrected chi connectivity index (χ3v) is 9.12. The predicted octanol–water partition coefficient (Wildman–Crippen LogP) is 4.60. The molecule has 12 heteroatoms. The molecule has 1 heterocycles. The van der Waals surface area contributed by atoms with E-state index in [9.17, 15) is 14.4 Å². The molecule has 248 valence electrons. The smallest absolute Gasteiger partial charge is 0.242 e. The van der Waals surface area contributed by atoms with Gasteiger partial charge in [0.1, 0.15) is 11.9 Å². The standard InChI is InChI=1S/C35H41N5O6S/c1-20(41)37-24-13-11-21-17-30(44-3)33(45-4)34(46-5)32(21)22-12-14-26(29(42)18-23(22)24)38-27(15-16-47-6)35(43)36-19-31-39-25-9-7-8-10-28(25)40(31)2/h7-10,12,14,17-18,24,27H,11,13,15-16,19H2,1-6H3,(H,36,43)(H,37,41)(H,38,42)/t24-,27+/m0/s1. The number of benzene rings is 2. The first-order valence-corrected chi connectivity index (χ1v) is 16.8. The van der Waals surface area contributed by atoms with Crippen LogP contribution >= 0.6 is 11.8 Å². The molecule has 0 spiro atoms. The van der Waals surface area contributed by atoms with Crippen LogP contribution in [0.2, 0.25) is 0 Å². The second kappa shape index (κ2) is 14.8. The maximum absolute atomic E-state index is 13.9. The number of para-hydroxylation sites is 2. The maximum atomic E-state index is 13.9. The summed E-state index contributed by atoms with van der Waals surface area (Å²) < 4.78 is 19.1. The van der Waals surface area contributed by atoms with E-state index in [0.29, 0.717) is 53.4 Å². The largest absolute Gasteiger partial charge is 0.493 e. The number of imidazole rings is 1. The fraction of sp³-hybridized carbons (Fsp3) is 0.371. The number of amides is 2.